The molecule has 2 rings (SSSR count). The van der Waals surface area contributed by atoms with Crippen LogP contribution in [0.2, 0.25) is 0 Å². The molecule has 1 aliphatic rings. The molecule has 0 atom stereocenters. The van der Waals surface area contributed by atoms with Crippen molar-refractivity contribution >= 4 is 21.9 Å². The molecule has 1 aromatic rings. The van der Waals surface area contributed by atoms with Crippen LogP contribution in [0.1, 0.15) is 25.3 Å². The van der Waals surface area contributed by atoms with Gasteiger partial charge < -0.3 is 10.4 Å². The van der Waals surface area contributed by atoms with E-state index >= 15 is 0 Å². The Balaban J connectivity index is 1.76. The van der Waals surface area contributed by atoms with Gasteiger partial charge in [0.25, 0.3) is 0 Å². The molecule has 21 heavy (non-hydrogen) atoms. The third-order valence-electron chi connectivity index (χ3n) is 3.89. The zero-order valence-corrected chi connectivity index (χ0v) is 13.6. The van der Waals surface area contributed by atoms with Crippen LogP contribution in [0.3, 0.4) is 0 Å². The number of carbonyl (C=O) groups is 1. The lowest BCUT2D eigenvalue weighted by atomic mass is 9.85. The molecule has 1 aliphatic carbocycles. The first-order valence-corrected chi connectivity index (χ1v) is 7.91. The van der Waals surface area contributed by atoms with Gasteiger partial charge in [-0.3, -0.25) is 9.69 Å². The first kappa shape index (κ1) is 16.4. The minimum Gasteiger partial charge on any atom is -0.480 e. The molecule has 0 unspecified atom stereocenters. The van der Waals surface area contributed by atoms with Crippen LogP contribution in [0.25, 0.3) is 0 Å². The van der Waals surface area contributed by atoms with Crippen molar-refractivity contribution in [1.29, 1.82) is 0 Å². The van der Waals surface area contributed by atoms with Crippen molar-refractivity contribution in [3.63, 3.8) is 0 Å². The number of aliphatic carboxylic acids is 1. The van der Waals surface area contributed by atoms with E-state index in [0.29, 0.717) is 18.6 Å². The fraction of sp³-hybridized carbons (Fsp3) is 0.533. The summed E-state index contributed by atoms with van der Waals surface area (Å²) in [5.41, 5.74) is 0.906. The number of carboxylic acid groups (broad SMARTS) is 1. The number of hydrogen-bond donors (Lipinski definition) is 2. The molecule has 0 saturated heterocycles. The van der Waals surface area contributed by atoms with Gasteiger partial charge in [-0.05, 0) is 43.1 Å². The first-order valence-electron chi connectivity index (χ1n) is 7.12. The highest BCUT2D eigenvalue weighted by Gasteiger charge is 2.33. The maximum atomic E-state index is 13.3. The first-order chi connectivity index (χ1) is 9.97. The molecule has 0 heterocycles. The van der Waals surface area contributed by atoms with Crippen molar-refractivity contribution in [2.24, 2.45) is 0 Å². The van der Waals surface area contributed by atoms with Gasteiger partial charge in [0.1, 0.15) is 5.82 Å². The number of benzene rings is 1. The second kappa shape index (κ2) is 7.33. The normalized spacial score (nSPS) is 21.3. The number of likely N-dealkylation sites (N-methyl/N-ethyl adjacent to an activating group) is 1. The predicted molar refractivity (Wildman–Crippen MR) is 82.6 cm³/mol. The van der Waals surface area contributed by atoms with Gasteiger partial charge in [0.15, 0.2) is 0 Å². The van der Waals surface area contributed by atoms with E-state index in [-0.39, 0.29) is 12.4 Å². The topological polar surface area (TPSA) is 52.6 Å². The Morgan fingerprint density at radius 3 is 2.76 bits per heavy atom. The highest BCUT2D eigenvalue weighted by atomic mass is 79.9. The third kappa shape index (κ3) is 4.76. The van der Waals surface area contributed by atoms with E-state index in [2.05, 4.69) is 21.2 Å². The van der Waals surface area contributed by atoms with Crippen LogP contribution in [-0.4, -0.2) is 41.1 Å². The summed E-state index contributed by atoms with van der Waals surface area (Å²) < 4.78 is 14.0. The summed E-state index contributed by atoms with van der Waals surface area (Å²) in [6, 6.07) is 5.57. The van der Waals surface area contributed by atoms with Crippen molar-refractivity contribution in [1.82, 2.24) is 10.2 Å². The largest absolute Gasteiger partial charge is 0.480 e. The molecule has 2 N–H and O–H groups in total. The summed E-state index contributed by atoms with van der Waals surface area (Å²) in [5.74, 6) is -1.02. The molecule has 6 heteroatoms. The van der Waals surface area contributed by atoms with Crippen LogP contribution in [0.5, 0.6) is 0 Å². The Kier molecular flexibility index (Phi) is 5.72. The Morgan fingerprint density at radius 2 is 2.19 bits per heavy atom. The van der Waals surface area contributed by atoms with Gasteiger partial charge in [-0.2, -0.15) is 0 Å². The lowest BCUT2D eigenvalue weighted by Gasteiger charge is -2.42. The quantitative estimate of drug-likeness (QED) is 0.786. The monoisotopic (exact) mass is 358 g/mol. The molecule has 1 aromatic carbocycles. The molecule has 0 aliphatic heterocycles. The molecule has 116 valence electrons. The van der Waals surface area contributed by atoms with Crippen molar-refractivity contribution in [3.8, 4) is 0 Å². The van der Waals surface area contributed by atoms with Crippen LogP contribution < -0.4 is 5.32 Å². The molecule has 4 nitrogen and oxygen atoms in total. The van der Waals surface area contributed by atoms with E-state index in [9.17, 15) is 9.18 Å². The van der Waals surface area contributed by atoms with Gasteiger partial charge in [0.2, 0.25) is 0 Å². The number of rotatable bonds is 7. The summed E-state index contributed by atoms with van der Waals surface area (Å²) in [4.78, 5) is 12.8. The van der Waals surface area contributed by atoms with E-state index in [1.165, 1.54) is 12.1 Å². The van der Waals surface area contributed by atoms with Gasteiger partial charge >= 0.3 is 5.97 Å². The van der Waals surface area contributed by atoms with Crippen molar-refractivity contribution in [2.45, 2.75) is 38.4 Å². The second-order valence-corrected chi connectivity index (χ2v) is 6.35. The highest BCUT2D eigenvalue weighted by molar-refractivity contribution is 9.10. The van der Waals surface area contributed by atoms with Gasteiger partial charge in [-0.1, -0.05) is 22.9 Å². The minimum absolute atomic E-state index is 0.102. The molecule has 0 bridgehead atoms. The fourth-order valence-electron chi connectivity index (χ4n) is 2.70. The predicted octanol–water partition coefficient (Wildman–Crippen LogP) is 2.62. The summed E-state index contributed by atoms with van der Waals surface area (Å²) in [6.45, 7) is 3.46. The second-order valence-electron chi connectivity index (χ2n) is 5.44. The Labute approximate surface area is 132 Å². The number of halogens is 2. The molecular weight excluding hydrogens is 339 g/mol. The molecule has 0 radical (unpaired) electrons. The van der Waals surface area contributed by atoms with E-state index in [1.807, 2.05) is 17.9 Å². The summed E-state index contributed by atoms with van der Waals surface area (Å²) >= 11 is 3.28. The van der Waals surface area contributed by atoms with Gasteiger partial charge in [0.05, 0.1) is 6.54 Å². The SMILES string of the molecule is CCN(CC(=O)O)C1CC(NCc2cc(F)cc(Br)c2)C1. The van der Waals surface area contributed by atoms with Crippen LogP contribution in [-0.2, 0) is 11.3 Å². The Hall–Kier alpha value is -0.980. The lowest BCUT2D eigenvalue weighted by Crippen LogP contribution is -2.53. The van der Waals surface area contributed by atoms with Crippen LogP contribution in [0.4, 0.5) is 4.39 Å². The number of hydrogen-bond acceptors (Lipinski definition) is 3. The highest BCUT2D eigenvalue weighted by Crippen LogP contribution is 2.26. The molecule has 1 fully saturated rings. The van der Waals surface area contributed by atoms with E-state index in [0.717, 1.165) is 29.4 Å². The summed E-state index contributed by atoms with van der Waals surface area (Å²) in [6.07, 6.45) is 1.88. The molecule has 0 spiro atoms. The maximum absolute atomic E-state index is 13.3. The average Bonchev–Trinajstić information content (AvgIpc) is 2.33. The van der Waals surface area contributed by atoms with Gasteiger partial charge in [0, 0.05) is 23.1 Å². The van der Waals surface area contributed by atoms with Gasteiger partial charge in [-0.25, -0.2) is 4.39 Å². The van der Waals surface area contributed by atoms with Gasteiger partial charge in [-0.15, -0.1) is 0 Å². The average molecular weight is 359 g/mol. The van der Waals surface area contributed by atoms with Crippen LogP contribution in [0.15, 0.2) is 22.7 Å². The zero-order chi connectivity index (χ0) is 15.4. The van der Waals surface area contributed by atoms with Crippen LogP contribution in [0, 0.1) is 5.82 Å². The van der Waals surface area contributed by atoms with Crippen molar-refractivity contribution in [2.75, 3.05) is 13.1 Å². The molecule has 0 amide bonds. The van der Waals surface area contributed by atoms with Crippen molar-refractivity contribution in [3.05, 3.63) is 34.1 Å². The standard InChI is InChI=1S/C15H20BrFN2O2/c1-2-19(9-15(20)21)14-6-13(7-14)18-8-10-3-11(16)5-12(17)4-10/h3-5,13-14,18H,2,6-9H2,1H3,(H,20,21). The molecule has 1 saturated carbocycles. The lowest BCUT2D eigenvalue weighted by molar-refractivity contribution is -0.139. The number of nitrogens with one attached hydrogen (secondary N) is 1. The summed E-state index contributed by atoms with van der Waals surface area (Å²) in [7, 11) is 0. The minimum atomic E-state index is -0.780. The van der Waals surface area contributed by atoms with Crippen LogP contribution >= 0.6 is 15.9 Å². The zero-order valence-electron chi connectivity index (χ0n) is 12.0. The number of nitrogens with zero attached hydrogens (tertiary/aromatic N) is 1. The van der Waals surface area contributed by atoms with E-state index in [1.54, 1.807) is 0 Å². The Morgan fingerprint density at radius 1 is 1.48 bits per heavy atom. The summed E-state index contributed by atoms with van der Waals surface area (Å²) in [5, 5.41) is 12.2. The maximum Gasteiger partial charge on any atom is 0.317 e. The van der Waals surface area contributed by atoms with E-state index < -0.39 is 5.97 Å². The fourth-order valence-corrected chi connectivity index (χ4v) is 3.21. The molecular formula is C15H20BrFN2O2. The smallest absolute Gasteiger partial charge is 0.317 e. The number of carboxylic acids is 1. The Bertz CT molecular complexity index is 486. The third-order valence-corrected chi connectivity index (χ3v) is 4.35. The van der Waals surface area contributed by atoms with Crippen molar-refractivity contribution < 1.29 is 14.3 Å². The molecule has 0 aromatic heterocycles. The van der Waals surface area contributed by atoms with E-state index in [4.69, 9.17) is 5.11 Å².